The third-order valence-electron chi connectivity index (χ3n) is 2.77. The van der Waals surface area contributed by atoms with Gasteiger partial charge in [0.15, 0.2) is 17.4 Å². The highest BCUT2D eigenvalue weighted by Gasteiger charge is 2.12. The average molecular weight is 296 g/mol. The van der Waals surface area contributed by atoms with Gasteiger partial charge in [-0.25, -0.2) is 13.2 Å². The summed E-state index contributed by atoms with van der Waals surface area (Å²) in [4.78, 5) is 0. The molecule has 21 heavy (non-hydrogen) atoms. The summed E-state index contributed by atoms with van der Waals surface area (Å²) in [6.07, 6.45) is 0. The molecule has 0 aliphatic rings. The summed E-state index contributed by atoms with van der Waals surface area (Å²) in [5.74, 6) is -2.81. The third-order valence-corrected chi connectivity index (χ3v) is 2.77. The van der Waals surface area contributed by atoms with E-state index in [-0.39, 0.29) is 22.7 Å². The standard InChI is InChI=1S/C14H11F3N2O2/c15-10-2-1-3-11(16)9(10)7-21-13-5-4-8(6-12(13)17)14(18)19-20/h1-6,20H,7H2,(H2,18,19). The first-order chi connectivity index (χ1) is 10.0. The number of ether oxygens (including phenoxy) is 1. The summed E-state index contributed by atoms with van der Waals surface area (Å²) < 4.78 is 45.6. The number of amidine groups is 1. The second kappa shape index (κ2) is 6.17. The molecule has 2 aromatic rings. The van der Waals surface area contributed by atoms with Crippen molar-refractivity contribution in [2.45, 2.75) is 6.61 Å². The predicted octanol–water partition coefficient (Wildman–Crippen LogP) is 2.78. The number of halogens is 3. The number of hydrogen-bond acceptors (Lipinski definition) is 3. The lowest BCUT2D eigenvalue weighted by Gasteiger charge is -2.09. The van der Waals surface area contributed by atoms with Crippen LogP contribution in [0.2, 0.25) is 0 Å². The monoisotopic (exact) mass is 296 g/mol. The van der Waals surface area contributed by atoms with Crippen molar-refractivity contribution >= 4 is 5.84 Å². The lowest BCUT2D eigenvalue weighted by atomic mass is 10.2. The molecule has 0 spiro atoms. The highest BCUT2D eigenvalue weighted by Crippen LogP contribution is 2.21. The van der Waals surface area contributed by atoms with Crippen LogP contribution in [0.1, 0.15) is 11.1 Å². The van der Waals surface area contributed by atoms with E-state index in [0.717, 1.165) is 18.2 Å². The number of rotatable bonds is 4. The van der Waals surface area contributed by atoms with Gasteiger partial charge in [0.2, 0.25) is 0 Å². The Kier molecular flexibility index (Phi) is 4.32. The molecule has 0 unspecified atom stereocenters. The fourth-order valence-electron chi connectivity index (χ4n) is 1.66. The molecule has 3 N–H and O–H groups in total. The molecule has 2 rings (SSSR count). The molecule has 0 heterocycles. The number of benzene rings is 2. The Bertz CT molecular complexity index is 670. The topological polar surface area (TPSA) is 67.8 Å². The summed E-state index contributed by atoms with van der Waals surface area (Å²) in [5.41, 5.74) is 5.17. The number of oxime groups is 1. The van der Waals surface area contributed by atoms with E-state index in [1.54, 1.807) is 0 Å². The van der Waals surface area contributed by atoms with Gasteiger partial charge in [0.25, 0.3) is 0 Å². The van der Waals surface area contributed by atoms with E-state index < -0.39 is 24.1 Å². The van der Waals surface area contributed by atoms with Crippen LogP contribution in [0.25, 0.3) is 0 Å². The molecule has 0 aliphatic carbocycles. The molecule has 0 aromatic heterocycles. The average Bonchev–Trinajstić information content (AvgIpc) is 2.47. The lowest BCUT2D eigenvalue weighted by Crippen LogP contribution is -2.13. The Hall–Kier alpha value is -2.70. The molecule has 0 atom stereocenters. The molecule has 110 valence electrons. The Labute approximate surface area is 118 Å². The largest absolute Gasteiger partial charge is 0.486 e. The molecule has 2 aromatic carbocycles. The molecule has 7 heteroatoms. The maximum absolute atomic E-state index is 13.7. The van der Waals surface area contributed by atoms with Crippen LogP contribution in [-0.4, -0.2) is 11.0 Å². The second-order valence-corrected chi connectivity index (χ2v) is 4.12. The van der Waals surface area contributed by atoms with Crippen molar-refractivity contribution in [1.29, 1.82) is 0 Å². The van der Waals surface area contributed by atoms with Gasteiger partial charge in [0.05, 0.1) is 5.56 Å². The van der Waals surface area contributed by atoms with Gasteiger partial charge in [0.1, 0.15) is 18.2 Å². The minimum atomic E-state index is -0.796. The zero-order valence-electron chi connectivity index (χ0n) is 10.7. The van der Waals surface area contributed by atoms with E-state index in [0.29, 0.717) is 0 Å². The second-order valence-electron chi connectivity index (χ2n) is 4.12. The van der Waals surface area contributed by atoms with E-state index >= 15 is 0 Å². The first-order valence-corrected chi connectivity index (χ1v) is 5.86. The van der Waals surface area contributed by atoms with E-state index in [1.165, 1.54) is 18.2 Å². The van der Waals surface area contributed by atoms with Crippen LogP contribution in [0.4, 0.5) is 13.2 Å². The Balaban J connectivity index is 2.18. The van der Waals surface area contributed by atoms with Gasteiger partial charge in [-0.2, -0.15) is 0 Å². The van der Waals surface area contributed by atoms with Crippen LogP contribution in [0.15, 0.2) is 41.6 Å². The molecular formula is C14H11F3N2O2. The fraction of sp³-hybridized carbons (Fsp3) is 0.0714. The SMILES string of the molecule is N/C(=N/O)c1ccc(OCc2c(F)cccc2F)c(F)c1. The predicted molar refractivity (Wildman–Crippen MR) is 69.6 cm³/mol. The zero-order valence-corrected chi connectivity index (χ0v) is 10.7. The quantitative estimate of drug-likeness (QED) is 0.394. The fourth-order valence-corrected chi connectivity index (χ4v) is 1.66. The van der Waals surface area contributed by atoms with E-state index in [9.17, 15) is 13.2 Å². The summed E-state index contributed by atoms with van der Waals surface area (Å²) in [6, 6.07) is 6.95. The van der Waals surface area contributed by atoms with E-state index in [4.69, 9.17) is 15.7 Å². The first-order valence-electron chi connectivity index (χ1n) is 5.86. The van der Waals surface area contributed by atoms with Gasteiger partial charge in [-0.3, -0.25) is 0 Å². The van der Waals surface area contributed by atoms with Crippen molar-refractivity contribution in [3.05, 3.63) is 65.0 Å². The molecule has 0 bridgehead atoms. The number of hydrogen-bond donors (Lipinski definition) is 2. The Morgan fingerprint density at radius 3 is 2.33 bits per heavy atom. The number of nitrogens with zero attached hydrogens (tertiary/aromatic N) is 1. The van der Waals surface area contributed by atoms with Crippen molar-refractivity contribution in [3.63, 3.8) is 0 Å². The lowest BCUT2D eigenvalue weighted by molar-refractivity contribution is 0.278. The van der Waals surface area contributed by atoms with E-state index in [2.05, 4.69) is 5.16 Å². The highest BCUT2D eigenvalue weighted by atomic mass is 19.1. The van der Waals surface area contributed by atoms with Gasteiger partial charge in [-0.1, -0.05) is 11.2 Å². The molecule has 0 amide bonds. The van der Waals surface area contributed by atoms with Crippen LogP contribution in [0.5, 0.6) is 5.75 Å². The third kappa shape index (κ3) is 3.25. The minimum absolute atomic E-state index is 0.152. The maximum atomic E-state index is 13.7. The zero-order chi connectivity index (χ0) is 15.4. The van der Waals surface area contributed by atoms with Gasteiger partial charge >= 0.3 is 0 Å². The van der Waals surface area contributed by atoms with Crippen molar-refractivity contribution in [1.82, 2.24) is 0 Å². The van der Waals surface area contributed by atoms with Gasteiger partial charge in [0, 0.05) is 5.56 Å². The van der Waals surface area contributed by atoms with Crippen LogP contribution in [-0.2, 0) is 6.61 Å². The molecule has 0 fully saturated rings. The molecule has 0 saturated carbocycles. The molecule has 0 radical (unpaired) electrons. The molecule has 0 aliphatic heterocycles. The van der Waals surface area contributed by atoms with Crippen molar-refractivity contribution in [2.24, 2.45) is 10.9 Å². The maximum Gasteiger partial charge on any atom is 0.170 e. The summed E-state index contributed by atoms with van der Waals surface area (Å²) in [5, 5.41) is 11.2. The van der Waals surface area contributed by atoms with Crippen LogP contribution in [0, 0.1) is 17.5 Å². The summed E-state index contributed by atoms with van der Waals surface area (Å²) in [7, 11) is 0. The molecular weight excluding hydrogens is 285 g/mol. The van der Waals surface area contributed by atoms with E-state index in [1.807, 2.05) is 0 Å². The minimum Gasteiger partial charge on any atom is -0.486 e. The highest BCUT2D eigenvalue weighted by molar-refractivity contribution is 5.97. The van der Waals surface area contributed by atoms with Crippen LogP contribution in [0.3, 0.4) is 0 Å². The van der Waals surface area contributed by atoms with Gasteiger partial charge in [-0.05, 0) is 30.3 Å². The number of nitrogens with two attached hydrogens (primary N) is 1. The van der Waals surface area contributed by atoms with Gasteiger partial charge < -0.3 is 15.7 Å². The molecule has 0 saturated heterocycles. The van der Waals surface area contributed by atoms with Crippen molar-refractivity contribution in [2.75, 3.05) is 0 Å². The molecule has 4 nitrogen and oxygen atoms in total. The van der Waals surface area contributed by atoms with Crippen LogP contribution >= 0.6 is 0 Å². The van der Waals surface area contributed by atoms with Crippen molar-refractivity contribution < 1.29 is 23.1 Å². The summed E-state index contributed by atoms with van der Waals surface area (Å²) >= 11 is 0. The Morgan fingerprint density at radius 1 is 1.10 bits per heavy atom. The van der Waals surface area contributed by atoms with Crippen molar-refractivity contribution in [3.8, 4) is 5.75 Å². The van der Waals surface area contributed by atoms with Crippen LogP contribution < -0.4 is 10.5 Å². The van der Waals surface area contributed by atoms with Gasteiger partial charge in [-0.15, -0.1) is 0 Å². The Morgan fingerprint density at radius 2 is 1.76 bits per heavy atom. The summed E-state index contributed by atoms with van der Waals surface area (Å²) in [6.45, 7) is -0.460. The normalized spacial score (nSPS) is 11.5. The smallest absolute Gasteiger partial charge is 0.170 e. The first kappa shape index (κ1) is 14.7.